The molecule has 0 saturated heterocycles. The van der Waals surface area contributed by atoms with Crippen molar-refractivity contribution in [2.45, 2.75) is 19.1 Å². The first-order valence-electron chi connectivity index (χ1n) is 9.62. The Morgan fingerprint density at radius 3 is 2.71 bits per heavy atom. The highest BCUT2D eigenvalue weighted by atomic mass is 35.5. The Morgan fingerprint density at radius 1 is 1.29 bits per heavy atom. The normalized spacial score (nSPS) is 15.7. The number of hydrogen-bond acceptors (Lipinski definition) is 5. The smallest absolute Gasteiger partial charge is 0.255 e. The minimum absolute atomic E-state index is 0.0884. The van der Waals surface area contributed by atoms with Gasteiger partial charge in [0.15, 0.2) is 6.61 Å². The Bertz CT molecular complexity index is 1160. The van der Waals surface area contributed by atoms with Crippen molar-refractivity contribution in [3.05, 3.63) is 69.9 Å². The molecule has 3 aromatic rings. The highest BCUT2D eigenvalue weighted by molar-refractivity contribution is 8.00. The average molecular weight is 457 g/mol. The molecule has 3 N–H and O–H groups in total. The molecule has 7 nitrogen and oxygen atoms in total. The van der Waals surface area contributed by atoms with Gasteiger partial charge in [0.25, 0.3) is 5.91 Å². The van der Waals surface area contributed by atoms with Crippen LogP contribution >= 0.6 is 23.4 Å². The van der Waals surface area contributed by atoms with E-state index in [-0.39, 0.29) is 17.8 Å². The number of anilines is 1. The van der Waals surface area contributed by atoms with Gasteiger partial charge in [-0.15, -0.1) is 11.8 Å². The van der Waals surface area contributed by atoms with E-state index in [1.165, 1.54) is 11.8 Å². The number of fused-ring (bicyclic) bond motifs is 1. The second kappa shape index (κ2) is 8.64. The third kappa shape index (κ3) is 4.40. The number of carbonyl (C=O) groups excluding carboxylic acids is 2. The molecule has 0 radical (unpaired) electrons. The van der Waals surface area contributed by atoms with Crippen LogP contribution in [-0.2, 0) is 9.59 Å². The van der Waals surface area contributed by atoms with E-state index >= 15 is 0 Å². The summed E-state index contributed by atoms with van der Waals surface area (Å²) in [6.07, 6.45) is 0. The van der Waals surface area contributed by atoms with Gasteiger partial charge in [-0.25, -0.2) is 4.68 Å². The number of primary amides is 1. The van der Waals surface area contributed by atoms with E-state index in [1.54, 1.807) is 16.8 Å². The largest absolute Gasteiger partial charge is 0.484 e. The second-order valence-corrected chi connectivity index (χ2v) is 8.76. The SMILES string of the molecule is Cc1ccc(-n2nc(C)c3c2NC(=O)CS[C@@H]3c2ccc(OCC(N)=O)cc2)cc1Cl. The number of nitrogens with one attached hydrogen (secondary N) is 1. The predicted octanol–water partition coefficient (Wildman–Crippen LogP) is 3.78. The average Bonchev–Trinajstić information content (AvgIpc) is 2.94. The van der Waals surface area contributed by atoms with Crippen LogP contribution in [0.15, 0.2) is 42.5 Å². The second-order valence-electron chi connectivity index (χ2n) is 7.26. The topological polar surface area (TPSA) is 99.2 Å². The van der Waals surface area contributed by atoms with E-state index in [2.05, 4.69) is 5.32 Å². The maximum absolute atomic E-state index is 12.5. The Morgan fingerprint density at radius 2 is 2.03 bits per heavy atom. The number of amides is 2. The molecular weight excluding hydrogens is 436 g/mol. The summed E-state index contributed by atoms with van der Waals surface area (Å²) < 4.78 is 7.08. The first-order chi connectivity index (χ1) is 14.8. The number of ether oxygens (including phenoxy) is 1. The summed E-state index contributed by atoms with van der Waals surface area (Å²) in [5.41, 5.74) is 9.64. The number of aromatic nitrogens is 2. The van der Waals surface area contributed by atoms with Crippen LogP contribution in [0.5, 0.6) is 5.75 Å². The van der Waals surface area contributed by atoms with Gasteiger partial charge in [-0.3, -0.25) is 9.59 Å². The summed E-state index contributed by atoms with van der Waals surface area (Å²) in [6, 6.07) is 13.1. The number of nitrogens with two attached hydrogens (primary N) is 1. The minimum Gasteiger partial charge on any atom is -0.484 e. The first-order valence-corrected chi connectivity index (χ1v) is 11.0. The van der Waals surface area contributed by atoms with Crippen LogP contribution in [0.3, 0.4) is 0 Å². The zero-order valence-electron chi connectivity index (χ0n) is 17.0. The number of carbonyl (C=O) groups is 2. The molecule has 9 heteroatoms. The van der Waals surface area contributed by atoms with Crippen LogP contribution in [0.25, 0.3) is 5.69 Å². The zero-order valence-corrected chi connectivity index (χ0v) is 18.6. The molecule has 0 bridgehead atoms. The van der Waals surface area contributed by atoms with Gasteiger partial charge in [0, 0.05) is 10.6 Å². The van der Waals surface area contributed by atoms with Crippen molar-refractivity contribution < 1.29 is 14.3 Å². The summed E-state index contributed by atoms with van der Waals surface area (Å²) in [7, 11) is 0. The summed E-state index contributed by atoms with van der Waals surface area (Å²) in [4.78, 5) is 23.4. The molecule has 2 amide bonds. The number of benzene rings is 2. The van der Waals surface area contributed by atoms with Gasteiger partial charge >= 0.3 is 0 Å². The number of nitrogens with zero attached hydrogens (tertiary/aromatic N) is 2. The number of rotatable bonds is 5. The van der Waals surface area contributed by atoms with Gasteiger partial charge in [-0.1, -0.05) is 29.8 Å². The van der Waals surface area contributed by atoms with Crippen LogP contribution in [0.4, 0.5) is 5.82 Å². The van der Waals surface area contributed by atoms with Crippen molar-refractivity contribution in [3.8, 4) is 11.4 Å². The fraction of sp³-hybridized carbons (Fsp3) is 0.227. The molecule has 1 aromatic heterocycles. The molecule has 1 aliphatic rings. The highest BCUT2D eigenvalue weighted by Gasteiger charge is 2.30. The van der Waals surface area contributed by atoms with Gasteiger partial charge in [0.05, 0.1) is 22.4 Å². The molecule has 0 saturated carbocycles. The highest BCUT2D eigenvalue weighted by Crippen LogP contribution is 2.44. The first kappa shape index (κ1) is 21.3. The van der Waals surface area contributed by atoms with E-state index in [9.17, 15) is 9.59 Å². The lowest BCUT2D eigenvalue weighted by Gasteiger charge is -2.16. The quantitative estimate of drug-likeness (QED) is 0.608. The van der Waals surface area contributed by atoms with Crippen LogP contribution in [-0.4, -0.2) is 34.0 Å². The summed E-state index contributed by atoms with van der Waals surface area (Å²) in [5, 5.41) is 8.25. The van der Waals surface area contributed by atoms with E-state index in [1.807, 2.05) is 44.2 Å². The molecule has 0 unspecified atom stereocenters. The monoisotopic (exact) mass is 456 g/mol. The van der Waals surface area contributed by atoms with Gasteiger partial charge in [0.2, 0.25) is 5.91 Å². The summed E-state index contributed by atoms with van der Waals surface area (Å²) in [6.45, 7) is 3.69. The molecule has 160 valence electrons. The molecule has 0 spiro atoms. The number of aryl methyl sites for hydroxylation is 2. The van der Waals surface area contributed by atoms with Crippen molar-refractivity contribution in [1.82, 2.24) is 9.78 Å². The van der Waals surface area contributed by atoms with Crippen molar-refractivity contribution in [2.75, 3.05) is 17.7 Å². The fourth-order valence-corrected chi connectivity index (χ4v) is 4.80. The predicted molar refractivity (Wildman–Crippen MR) is 122 cm³/mol. The van der Waals surface area contributed by atoms with Crippen molar-refractivity contribution in [3.63, 3.8) is 0 Å². The maximum atomic E-state index is 12.5. The Balaban J connectivity index is 1.74. The Kier molecular flexibility index (Phi) is 5.93. The van der Waals surface area contributed by atoms with E-state index in [4.69, 9.17) is 27.2 Å². The summed E-state index contributed by atoms with van der Waals surface area (Å²) >= 11 is 7.86. The third-order valence-corrected chi connectivity index (χ3v) is 6.65. The summed E-state index contributed by atoms with van der Waals surface area (Å²) in [5.74, 6) is 0.892. The van der Waals surface area contributed by atoms with Crippen LogP contribution in [0.1, 0.15) is 27.6 Å². The Labute approximate surface area is 188 Å². The van der Waals surface area contributed by atoms with Crippen molar-refractivity contribution in [2.24, 2.45) is 5.73 Å². The number of thioether (sulfide) groups is 1. The molecule has 2 aromatic carbocycles. The molecule has 1 aliphatic heterocycles. The van der Waals surface area contributed by atoms with Crippen LogP contribution in [0.2, 0.25) is 5.02 Å². The van der Waals surface area contributed by atoms with Crippen molar-refractivity contribution >= 4 is 41.0 Å². The molecule has 2 heterocycles. The minimum atomic E-state index is -0.531. The van der Waals surface area contributed by atoms with E-state index in [0.29, 0.717) is 22.3 Å². The molecule has 4 rings (SSSR count). The van der Waals surface area contributed by atoms with E-state index in [0.717, 1.165) is 28.1 Å². The van der Waals surface area contributed by atoms with Crippen LogP contribution in [0, 0.1) is 13.8 Å². The lowest BCUT2D eigenvalue weighted by Crippen LogP contribution is -2.19. The van der Waals surface area contributed by atoms with Gasteiger partial charge in [-0.05, 0) is 49.2 Å². The number of hydrogen-bond donors (Lipinski definition) is 2. The van der Waals surface area contributed by atoms with Gasteiger partial charge < -0.3 is 15.8 Å². The molecule has 0 fully saturated rings. The van der Waals surface area contributed by atoms with Crippen LogP contribution < -0.4 is 15.8 Å². The molecular formula is C22H21ClN4O3S. The molecule has 0 aliphatic carbocycles. The standard InChI is InChI=1S/C22H21ClN4O3S/c1-12-3-6-15(9-17(12)23)27-22-20(13(2)26-27)21(31-11-19(29)25-22)14-4-7-16(8-5-14)30-10-18(24)28/h3-9,21H,10-11H2,1-2H3,(H2,24,28)(H,25,29)/t21-/m1/s1. The fourth-order valence-electron chi connectivity index (χ4n) is 3.44. The van der Waals surface area contributed by atoms with Gasteiger partial charge in [-0.2, -0.15) is 5.10 Å². The molecule has 31 heavy (non-hydrogen) atoms. The zero-order chi connectivity index (χ0) is 22.1. The van der Waals surface area contributed by atoms with Gasteiger partial charge in [0.1, 0.15) is 11.6 Å². The van der Waals surface area contributed by atoms with E-state index < -0.39 is 5.91 Å². The number of halogens is 1. The van der Waals surface area contributed by atoms with Crippen molar-refractivity contribution in [1.29, 1.82) is 0 Å². The lowest BCUT2D eigenvalue weighted by atomic mass is 10.0. The lowest BCUT2D eigenvalue weighted by molar-refractivity contribution is -0.120. The maximum Gasteiger partial charge on any atom is 0.255 e. The molecule has 1 atom stereocenters. The third-order valence-electron chi connectivity index (χ3n) is 4.97. The Hall–Kier alpha value is -2.97.